The van der Waals surface area contributed by atoms with Gasteiger partial charge in [-0.25, -0.2) is 19.0 Å². The zero-order valence-corrected chi connectivity index (χ0v) is 30.5. The van der Waals surface area contributed by atoms with Crippen LogP contribution in [0.4, 0.5) is 40.5 Å². The van der Waals surface area contributed by atoms with Crippen LogP contribution in [0.25, 0.3) is 11.9 Å². The van der Waals surface area contributed by atoms with Crippen molar-refractivity contribution in [2.75, 3.05) is 53.9 Å². The van der Waals surface area contributed by atoms with E-state index in [0.717, 1.165) is 0 Å². The van der Waals surface area contributed by atoms with Crippen LogP contribution < -0.4 is 20.7 Å². The summed E-state index contributed by atoms with van der Waals surface area (Å²) in [6, 6.07) is -0.115. The van der Waals surface area contributed by atoms with Crippen LogP contribution in [0.5, 0.6) is 6.01 Å². The first-order chi connectivity index (χ1) is 24.4. The van der Waals surface area contributed by atoms with Gasteiger partial charge >= 0.3 is 17.9 Å². The topological polar surface area (TPSA) is 273 Å². The number of carbonyl (C=O) groups excluding carboxylic acids is 2. The molecule has 0 unspecified atom stereocenters. The Balaban J connectivity index is 1.66. The van der Waals surface area contributed by atoms with E-state index in [1.165, 1.54) is 52.5 Å². The smallest absolute Gasteiger partial charge is 0.343 e. The van der Waals surface area contributed by atoms with E-state index in [1.54, 1.807) is 14.1 Å². The van der Waals surface area contributed by atoms with Crippen molar-refractivity contribution in [3.8, 4) is 17.9 Å². The lowest BCUT2D eigenvalue weighted by Gasteiger charge is -2.20. The monoisotopic (exact) mass is 719 g/mol. The maximum absolute atomic E-state index is 12.3. The molecule has 0 aromatic carbocycles. The van der Waals surface area contributed by atoms with Gasteiger partial charge in [0.05, 0.1) is 60.6 Å². The Labute approximate surface area is 296 Å². The normalized spacial score (nSPS) is 12.3. The highest BCUT2D eigenvalue weighted by molar-refractivity contribution is 5.94. The summed E-state index contributed by atoms with van der Waals surface area (Å²) in [6.07, 6.45) is 2.65. The van der Waals surface area contributed by atoms with Gasteiger partial charge in [0.15, 0.2) is 29.0 Å². The van der Waals surface area contributed by atoms with Gasteiger partial charge in [0, 0.05) is 19.5 Å². The molecule has 0 saturated carbocycles. The first kappa shape index (κ1) is 36.6. The summed E-state index contributed by atoms with van der Waals surface area (Å²) in [5, 5.41) is 34.9. The Kier molecular flexibility index (Phi) is 9.56. The maximum Gasteiger partial charge on any atom is 0.343 e. The average Bonchev–Trinajstić information content (AvgIpc) is 3.84. The fourth-order valence-corrected chi connectivity index (χ4v) is 4.71. The molecule has 0 saturated heterocycles. The number of quaternary nitrogens is 1. The molecule has 274 valence electrons. The van der Waals surface area contributed by atoms with Crippen molar-refractivity contribution in [1.82, 2.24) is 58.6 Å². The molecular weight excluding hydrogens is 680 g/mol. The molecule has 0 fully saturated rings. The summed E-state index contributed by atoms with van der Waals surface area (Å²) in [6.45, 7) is 5.73. The molecule has 0 aliphatic carbocycles. The zero-order valence-electron chi connectivity index (χ0n) is 30.5. The largest absolute Gasteiger partial charge is 0.467 e. The summed E-state index contributed by atoms with van der Waals surface area (Å²) in [5.41, 5.74) is 13.7. The molecule has 23 heteroatoms. The van der Waals surface area contributed by atoms with Crippen molar-refractivity contribution >= 4 is 52.4 Å². The van der Waals surface area contributed by atoms with Gasteiger partial charge in [0.25, 0.3) is 17.7 Å². The number of esters is 2. The Bertz CT molecular complexity index is 2080. The van der Waals surface area contributed by atoms with E-state index < -0.39 is 17.4 Å². The summed E-state index contributed by atoms with van der Waals surface area (Å²) < 4.78 is 20.5. The molecule has 0 aliphatic rings. The van der Waals surface area contributed by atoms with Gasteiger partial charge in [0.1, 0.15) is 11.1 Å². The maximum atomic E-state index is 12.3. The van der Waals surface area contributed by atoms with Crippen LogP contribution >= 0.6 is 0 Å². The van der Waals surface area contributed by atoms with Gasteiger partial charge in [-0.15, -0.1) is 25.6 Å². The number of nitrogen functional groups attached to an aromatic ring is 2. The number of aromatic nitrogens is 11. The minimum absolute atomic E-state index is 0.00341. The molecule has 0 aliphatic heterocycles. The lowest BCUT2D eigenvalue weighted by molar-refractivity contribution is 0.0592. The third-order valence-corrected chi connectivity index (χ3v) is 7.39. The number of aryl methyl sites for hydroxylation is 2. The first-order valence-electron chi connectivity index (χ1n) is 15.4. The predicted molar refractivity (Wildman–Crippen MR) is 185 cm³/mol. The van der Waals surface area contributed by atoms with Gasteiger partial charge in [-0.1, -0.05) is 20.8 Å². The molecule has 0 radical (unpaired) electrons. The Morgan fingerprint density at radius 1 is 0.731 bits per heavy atom. The molecule has 5 aromatic rings. The van der Waals surface area contributed by atoms with Crippen LogP contribution in [0.3, 0.4) is 0 Å². The molecule has 0 spiro atoms. The number of nitrogens with zero attached hydrogens (tertiary/aromatic N) is 16. The number of ether oxygens (including phenoxy) is 3. The number of azo groups is 2. The molecule has 5 heterocycles. The molecule has 5 aromatic heterocycles. The van der Waals surface area contributed by atoms with Crippen LogP contribution in [0.15, 0.2) is 32.9 Å². The zero-order chi connectivity index (χ0) is 38.3. The summed E-state index contributed by atoms with van der Waals surface area (Å²) in [4.78, 5) is 38.0. The van der Waals surface area contributed by atoms with Crippen molar-refractivity contribution in [1.29, 1.82) is 0 Å². The van der Waals surface area contributed by atoms with Crippen molar-refractivity contribution < 1.29 is 23.8 Å². The fourth-order valence-electron chi connectivity index (χ4n) is 4.71. The first-order valence-corrected chi connectivity index (χ1v) is 15.4. The third kappa shape index (κ3) is 6.75. The molecule has 0 amide bonds. The van der Waals surface area contributed by atoms with E-state index in [-0.39, 0.29) is 68.2 Å². The van der Waals surface area contributed by atoms with E-state index in [0.29, 0.717) is 11.5 Å². The van der Waals surface area contributed by atoms with Crippen molar-refractivity contribution in [3.63, 3.8) is 0 Å². The van der Waals surface area contributed by atoms with Crippen molar-refractivity contribution in [2.24, 2.45) is 34.6 Å². The van der Waals surface area contributed by atoms with Crippen LogP contribution in [0.1, 0.15) is 47.2 Å². The third-order valence-electron chi connectivity index (χ3n) is 7.39. The van der Waals surface area contributed by atoms with Gasteiger partial charge in [-0.05, 0) is 0 Å². The number of anilines is 2. The molecule has 0 bridgehead atoms. The lowest BCUT2D eigenvalue weighted by Crippen LogP contribution is -2.35. The van der Waals surface area contributed by atoms with Crippen LogP contribution in [0, 0.1) is 0 Å². The second-order valence-corrected chi connectivity index (χ2v) is 13.0. The number of hydrogen-bond donors (Lipinski definition) is 2. The van der Waals surface area contributed by atoms with Gasteiger partial charge in [0.2, 0.25) is 5.69 Å². The van der Waals surface area contributed by atoms with E-state index in [4.69, 9.17) is 30.8 Å². The van der Waals surface area contributed by atoms with E-state index in [2.05, 4.69) is 50.7 Å². The summed E-state index contributed by atoms with van der Waals surface area (Å²) in [7, 11) is 12.6. The highest BCUT2D eigenvalue weighted by atomic mass is 16.5. The SMILES string of the molecule is COC(=O)c1cnn(C)c1N=Nc1c(C(C)(C)C)nn(-c2nc(OC)nc(-n3nc([N+](C)(C)C)c(N=Nc4c(C(=O)OC)cnn4C)c3N)n2)c1N. The molecule has 0 atom stereocenters. The highest BCUT2D eigenvalue weighted by Crippen LogP contribution is 2.40. The molecule has 52 heavy (non-hydrogen) atoms. The quantitative estimate of drug-likeness (QED) is 0.119. The number of rotatable bonds is 10. The Morgan fingerprint density at radius 2 is 1.19 bits per heavy atom. The minimum Gasteiger partial charge on any atom is -0.467 e. The van der Waals surface area contributed by atoms with Crippen LogP contribution in [0.2, 0.25) is 0 Å². The number of methoxy groups -OCH3 is 3. The van der Waals surface area contributed by atoms with Crippen LogP contribution in [-0.2, 0) is 29.0 Å². The number of hydrogen-bond acceptors (Lipinski definition) is 18. The second kappa shape index (κ2) is 13.6. The molecular formula is C29H39N18O5+. The summed E-state index contributed by atoms with van der Waals surface area (Å²) in [5.74, 6) is -0.732. The molecule has 5 rings (SSSR count). The van der Waals surface area contributed by atoms with Crippen LogP contribution in [-0.4, -0.2) is 108 Å². The second-order valence-electron chi connectivity index (χ2n) is 13.0. The number of nitrogens with two attached hydrogens (primary N) is 2. The Hall–Kier alpha value is -6.65. The van der Waals surface area contributed by atoms with E-state index >= 15 is 0 Å². The van der Waals surface area contributed by atoms with Gasteiger partial charge in [-0.2, -0.15) is 39.6 Å². The van der Waals surface area contributed by atoms with Crippen molar-refractivity contribution in [3.05, 3.63) is 29.2 Å². The minimum atomic E-state index is -0.637. The van der Waals surface area contributed by atoms with E-state index in [1.807, 2.05) is 41.9 Å². The van der Waals surface area contributed by atoms with Crippen molar-refractivity contribution in [2.45, 2.75) is 26.2 Å². The Morgan fingerprint density at radius 3 is 1.63 bits per heavy atom. The van der Waals surface area contributed by atoms with Gasteiger partial charge in [-0.3, -0.25) is 4.48 Å². The predicted octanol–water partition coefficient (Wildman–Crippen LogP) is 2.78. The average molecular weight is 720 g/mol. The lowest BCUT2D eigenvalue weighted by atomic mass is 9.91. The molecule has 23 nitrogen and oxygen atoms in total. The number of carbonyl (C=O) groups is 2. The molecule has 4 N–H and O–H groups in total. The fraction of sp³-hybridized carbons (Fsp3) is 0.414. The highest BCUT2D eigenvalue weighted by Gasteiger charge is 2.32. The van der Waals surface area contributed by atoms with E-state index in [9.17, 15) is 9.59 Å². The standard InChI is InChI=1S/C29H38N18O5/c1-29(2,3)18-16(37-39-21-14(24(48)50-9)12-32-43(21)4)19(30)45(41-18)26-34-27(36-28(35-26)52-11)46-20(31)17(23(42-46)47(6,7)8)38-40-22-15(25(49)51-10)13-33-44(22)5/h12-13H,1-11H3,(H3-,30,31,32,33,39,40,41,42,48,49)/p+1. The summed E-state index contributed by atoms with van der Waals surface area (Å²) >= 11 is 0. The van der Waals surface area contributed by atoms with Gasteiger partial charge < -0.3 is 25.7 Å².